The van der Waals surface area contributed by atoms with Gasteiger partial charge in [0.05, 0.1) is 11.4 Å². The average Bonchev–Trinajstić information content (AvgIpc) is 3.30. The van der Waals surface area contributed by atoms with E-state index >= 15 is 0 Å². The highest BCUT2D eigenvalue weighted by molar-refractivity contribution is 5.71. The molecule has 0 amide bonds. The fourth-order valence-corrected chi connectivity index (χ4v) is 4.83. The maximum absolute atomic E-state index is 4.92. The molecule has 4 heterocycles. The molecule has 6 nitrogen and oxygen atoms in total. The van der Waals surface area contributed by atoms with Gasteiger partial charge < -0.3 is 19.7 Å². The summed E-state index contributed by atoms with van der Waals surface area (Å²) in [6.07, 6.45) is 2.92. The van der Waals surface area contributed by atoms with Crippen molar-refractivity contribution in [1.82, 2.24) is 19.4 Å². The van der Waals surface area contributed by atoms with Gasteiger partial charge in [-0.15, -0.1) is 0 Å². The van der Waals surface area contributed by atoms with E-state index in [1.165, 1.54) is 22.5 Å². The van der Waals surface area contributed by atoms with E-state index in [4.69, 9.17) is 4.98 Å². The first kappa shape index (κ1) is 20.0. The summed E-state index contributed by atoms with van der Waals surface area (Å²) in [7, 11) is 2.18. The fourth-order valence-electron chi connectivity index (χ4n) is 4.83. The second-order valence-electron chi connectivity index (χ2n) is 8.90. The Hall–Kier alpha value is -3.64. The van der Waals surface area contributed by atoms with Crippen LogP contribution in [0.1, 0.15) is 5.56 Å². The van der Waals surface area contributed by atoms with E-state index in [2.05, 4.69) is 98.4 Å². The molecule has 0 spiro atoms. The number of hydrogen-bond acceptors (Lipinski definition) is 5. The third-order valence-corrected chi connectivity index (χ3v) is 6.75. The molecule has 6 heteroatoms. The first-order valence-electron chi connectivity index (χ1n) is 11.7. The molecule has 2 aliphatic heterocycles. The van der Waals surface area contributed by atoms with Crippen molar-refractivity contribution in [2.75, 3.05) is 43.4 Å². The second-order valence-corrected chi connectivity index (χ2v) is 8.90. The highest BCUT2D eigenvalue weighted by Gasteiger charge is 2.21. The topological polar surface area (TPSA) is 49.2 Å². The molecule has 1 saturated heterocycles. The van der Waals surface area contributed by atoms with Gasteiger partial charge in [-0.25, -0.2) is 9.97 Å². The first-order valence-corrected chi connectivity index (χ1v) is 11.7. The minimum Gasteiger partial charge on any atom is -0.369 e. The highest BCUT2D eigenvalue weighted by Crippen LogP contribution is 2.34. The smallest absolute Gasteiger partial charge is 0.227 e. The van der Waals surface area contributed by atoms with E-state index < -0.39 is 0 Å². The van der Waals surface area contributed by atoms with E-state index in [9.17, 15) is 0 Å². The standard InChI is InChI=1S/C27H28N6/c1-31-15-17-32(18-16-31)23-9-7-22(8-10-23)29-27-28-19-21-13-14-33-24(20-5-3-2-4-6-20)11-12-25(33)26(21)30-27/h2-12,19H,13-18H2,1H3,(H,28,29,30). The summed E-state index contributed by atoms with van der Waals surface area (Å²) in [5, 5.41) is 3.40. The number of aryl methyl sites for hydroxylation is 1. The molecular formula is C27H28N6. The van der Waals surface area contributed by atoms with Crippen LogP contribution in [0, 0.1) is 0 Å². The Kier molecular flexibility index (Phi) is 5.07. The Balaban J connectivity index is 1.23. The molecule has 33 heavy (non-hydrogen) atoms. The van der Waals surface area contributed by atoms with Crippen LogP contribution in [-0.4, -0.2) is 52.7 Å². The normalized spacial score (nSPS) is 15.7. The lowest BCUT2D eigenvalue weighted by molar-refractivity contribution is 0.313. The lowest BCUT2D eigenvalue weighted by atomic mass is 10.1. The molecule has 4 aromatic rings. The highest BCUT2D eigenvalue weighted by atomic mass is 15.2. The third-order valence-electron chi connectivity index (χ3n) is 6.75. The number of piperazine rings is 1. The van der Waals surface area contributed by atoms with Gasteiger partial charge in [-0.1, -0.05) is 30.3 Å². The molecule has 2 aromatic heterocycles. The Labute approximate surface area is 194 Å². The van der Waals surface area contributed by atoms with Crippen molar-refractivity contribution in [3.8, 4) is 22.6 Å². The van der Waals surface area contributed by atoms with Crippen LogP contribution in [0.4, 0.5) is 17.3 Å². The van der Waals surface area contributed by atoms with Gasteiger partial charge >= 0.3 is 0 Å². The molecule has 1 N–H and O–H groups in total. The van der Waals surface area contributed by atoms with Gasteiger partial charge in [-0.2, -0.15) is 0 Å². The largest absolute Gasteiger partial charge is 0.369 e. The number of fused-ring (bicyclic) bond motifs is 3. The van der Waals surface area contributed by atoms with E-state index in [0.717, 1.165) is 56.2 Å². The Bertz CT molecular complexity index is 1250. The summed E-state index contributed by atoms with van der Waals surface area (Å²) in [6, 6.07) is 23.5. The molecule has 0 radical (unpaired) electrons. The minimum absolute atomic E-state index is 0.636. The number of aromatic nitrogens is 3. The molecular weight excluding hydrogens is 408 g/mol. The van der Waals surface area contributed by atoms with Gasteiger partial charge in [0.25, 0.3) is 0 Å². The van der Waals surface area contributed by atoms with Crippen LogP contribution in [-0.2, 0) is 13.0 Å². The first-order chi connectivity index (χ1) is 16.2. The van der Waals surface area contributed by atoms with Crippen molar-refractivity contribution in [2.45, 2.75) is 13.0 Å². The van der Waals surface area contributed by atoms with Crippen molar-refractivity contribution in [1.29, 1.82) is 0 Å². The Morgan fingerprint density at radius 1 is 0.788 bits per heavy atom. The Morgan fingerprint density at radius 2 is 1.55 bits per heavy atom. The lowest BCUT2D eigenvalue weighted by Crippen LogP contribution is -2.44. The SMILES string of the molecule is CN1CCN(c2ccc(Nc3ncc4c(n3)-c3ccc(-c5ccccc5)n3CC4)cc2)CC1. The molecule has 0 bridgehead atoms. The molecule has 0 atom stereocenters. The van der Waals surface area contributed by atoms with E-state index in [1.54, 1.807) is 0 Å². The molecule has 6 rings (SSSR count). The van der Waals surface area contributed by atoms with Gasteiger partial charge in [0.15, 0.2) is 0 Å². The second kappa shape index (κ2) is 8.37. The van der Waals surface area contributed by atoms with Crippen LogP contribution in [0.5, 0.6) is 0 Å². The summed E-state index contributed by atoms with van der Waals surface area (Å²) < 4.78 is 2.37. The molecule has 2 aromatic carbocycles. The molecule has 1 fully saturated rings. The quantitative estimate of drug-likeness (QED) is 0.504. The number of rotatable bonds is 4. The van der Waals surface area contributed by atoms with Crippen molar-refractivity contribution in [3.63, 3.8) is 0 Å². The van der Waals surface area contributed by atoms with E-state index in [-0.39, 0.29) is 0 Å². The third kappa shape index (κ3) is 3.87. The Morgan fingerprint density at radius 3 is 2.33 bits per heavy atom. The van der Waals surface area contributed by atoms with Gasteiger partial charge in [-0.3, -0.25) is 0 Å². The van der Waals surface area contributed by atoms with Gasteiger partial charge in [-0.05, 0) is 55.4 Å². The van der Waals surface area contributed by atoms with Gasteiger partial charge in [0, 0.05) is 61.6 Å². The van der Waals surface area contributed by atoms with Crippen molar-refractivity contribution < 1.29 is 0 Å². The maximum Gasteiger partial charge on any atom is 0.227 e. The summed E-state index contributed by atoms with van der Waals surface area (Å²) in [5.41, 5.74) is 8.14. The predicted octanol–water partition coefficient (Wildman–Crippen LogP) is 4.66. The van der Waals surface area contributed by atoms with Crippen LogP contribution >= 0.6 is 0 Å². The number of anilines is 3. The van der Waals surface area contributed by atoms with Crippen LogP contribution in [0.3, 0.4) is 0 Å². The maximum atomic E-state index is 4.92. The predicted molar refractivity (Wildman–Crippen MR) is 134 cm³/mol. The average molecular weight is 437 g/mol. The van der Waals surface area contributed by atoms with E-state index in [1.807, 2.05) is 6.20 Å². The van der Waals surface area contributed by atoms with Crippen molar-refractivity contribution in [3.05, 3.63) is 78.5 Å². The summed E-state index contributed by atoms with van der Waals surface area (Å²) in [6.45, 7) is 5.31. The molecule has 0 saturated carbocycles. The van der Waals surface area contributed by atoms with Crippen LogP contribution in [0.15, 0.2) is 72.9 Å². The number of likely N-dealkylation sites (N-methyl/N-ethyl adjacent to an activating group) is 1. The zero-order valence-electron chi connectivity index (χ0n) is 18.9. The molecule has 0 aliphatic carbocycles. The fraction of sp³-hybridized carbons (Fsp3) is 0.259. The lowest BCUT2D eigenvalue weighted by Gasteiger charge is -2.34. The summed E-state index contributed by atoms with van der Waals surface area (Å²) in [4.78, 5) is 14.3. The van der Waals surface area contributed by atoms with Crippen LogP contribution < -0.4 is 10.2 Å². The van der Waals surface area contributed by atoms with Gasteiger partial charge in [0.2, 0.25) is 5.95 Å². The molecule has 0 unspecified atom stereocenters. The number of nitrogens with zero attached hydrogens (tertiary/aromatic N) is 5. The zero-order valence-corrected chi connectivity index (χ0v) is 18.9. The minimum atomic E-state index is 0.636. The monoisotopic (exact) mass is 436 g/mol. The number of benzene rings is 2. The van der Waals surface area contributed by atoms with Crippen molar-refractivity contribution in [2.24, 2.45) is 0 Å². The van der Waals surface area contributed by atoms with E-state index in [0.29, 0.717) is 5.95 Å². The van der Waals surface area contributed by atoms with Crippen molar-refractivity contribution >= 4 is 17.3 Å². The van der Waals surface area contributed by atoms with Gasteiger partial charge in [0.1, 0.15) is 0 Å². The number of hydrogen-bond donors (Lipinski definition) is 1. The zero-order chi connectivity index (χ0) is 22.2. The number of nitrogens with one attached hydrogen (secondary N) is 1. The van der Waals surface area contributed by atoms with Crippen LogP contribution in [0.2, 0.25) is 0 Å². The summed E-state index contributed by atoms with van der Waals surface area (Å²) in [5.74, 6) is 0.636. The summed E-state index contributed by atoms with van der Waals surface area (Å²) >= 11 is 0. The molecule has 166 valence electrons. The molecule has 2 aliphatic rings. The van der Waals surface area contributed by atoms with Crippen LogP contribution in [0.25, 0.3) is 22.6 Å².